The molecule has 136 valence electrons. The molecule has 0 atom stereocenters. The Balaban J connectivity index is 2.20. The molecule has 0 aliphatic heterocycles. The number of nitrogens with one attached hydrogen (secondary N) is 2. The number of halogens is 1. The minimum absolute atomic E-state index is 0.111. The lowest BCUT2D eigenvalue weighted by Crippen LogP contribution is -2.47. The van der Waals surface area contributed by atoms with Crippen LogP contribution in [0.5, 0.6) is 0 Å². The van der Waals surface area contributed by atoms with Crippen molar-refractivity contribution in [2.24, 2.45) is 5.92 Å². The predicted octanol–water partition coefficient (Wildman–Crippen LogP) is 3.45. The van der Waals surface area contributed by atoms with Crippen LogP contribution in [0.1, 0.15) is 56.3 Å². The lowest BCUT2D eigenvalue weighted by Gasteiger charge is -2.29. The summed E-state index contributed by atoms with van der Waals surface area (Å²) in [6.07, 6.45) is 2.91. The van der Waals surface area contributed by atoms with Gasteiger partial charge in [-0.15, -0.1) is 0 Å². The van der Waals surface area contributed by atoms with Crippen LogP contribution in [0, 0.1) is 5.92 Å². The van der Waals surface area contributed by atoms with E-state index in [0.717, 1.165) is 12.8 Å². The summed E-state index contributed by atoms with van der Waals surface area (Å²) in [4.78, 5) is 35.7. The number of benzene rings is 1. The molecule has 2 amide bonds. The first-order chi connectivity index (χ1) is 11.7. The predicted molar refractivity (Wildman–Crippen MR) is 95.8 cm³/mol. The topological polar surface area (TPSA) is 95.5 Å². The van der Waals surface area contributed by atoms with Crippen molar-refractivity contribution in [1.82, 2.24) is 5.32 Å². The molecule has 1 aromatic rings. The van der Waals surface area contributed by atoms with Crippen molar-refractivity contribution in [3.63, 3.8) is 0 Å². The summed E-state index contributed by atoms with van der Waals surface area (Å²) in [6.45, 7) is 3.54. The molecule has 1 aromatic carbocycles. The summed E-state index contributed by atoms with van der Waals surface area (Å²) in [5, 5.41) is 15.0. The molecule has 25 heavy (non-hydrogen) atoms. The first kappa shape index (κ1) is 19.2. The number of carbonyl (C=O) groups is 3. The number of carboxylic acids is 1. The minimum atomic E-state index is -0.939. The van der Waals surface area contributed by atoms with Gasteiger partial charge in [0, 0.05) is 11.6 Å². The second-order valence-corrected chi connectivity index (χ2v) is 7.26. The summed E-state index contributed by atoms with van der Waals surface area (Å²) in [5.74, 6) is -1.71. The molecular formula is C18H23ClN2O4. The summed E-state index contributed by atoms with van der Waals surface area (Å²) in [7, 11) is 0. The van der Waals surface area contributed by atoms with Gasteiger partial charge in [-0.2, -0.15) is 0 Å². The SMILES string of the molecule is CC(C)C(=O)Nc1ccc(Cl)c(C(=O)NC2(CC(=O)O)CCCC2)c1. The second-order valence-electron chi connectivity index (χ2n) is 6.85. The summed E-state index contributed by atoms with van der Waals surface area (Å²) in [6, 6.07) is 4.69. The van der Waals surface area contributed by atoms with Crippen molar-refractivity contribution in [1.29, 1.82) is 0 Å². The molecule has 0 radical (unpaired) electrons. The Bertz CT molecular complexity index is 682. The fourth-order valence-corrected chi connectivity index (χ4v) is 3.26. The van der Waals surface area contributed by atoms with Gasteiger partial charge < -0.3 is 15.7 Å². The van der Waals surface area contributed by atoms with Crippen LogP contribution in [-0.4, -0.2) is 28.4 Å². The number of carboxylic acid groups (broad SMARTS) is 1. The van der Waals surface area contributed by atoms with Crippen LogP contribution in [0.25, 0.3) is 0 Å². The third-order valence-electron chi connectivity index (χ3n) is 4.43. The van der Waals surface area contributed by atoms with Crippen molar-refractivity contribution in [3.8, 4) is 0 Å². The van der Waals surface area contributed by atoms with Crippen LogP contribution < -0.4 is 10.6 Å². The van der Waals surface area contributed by atoms with E-state index in [9.17, 15) is 14.4 Å². The van der Waals surface area contributed by atoms with E-state index in [4.69, 9.17) is 16.7 Å². The average Bonchev–Trinajstić information content (AvgIpc) is 2.95. The number of hydrogen-bond acceptors (Lipinski definition) is 3. The highest BCUT2D eigenvalue weighted by Crippen LogP contribution is 2.33. The molecule has 1 saturated carbocycles. The van der Waals surface area contributed by atoms with E-state index in [1.807, 2.05) is 0 Å². The maximum absolute atomic E-state index is 12.7. The van der Waals surface area contributed by atoms with Gasteiger partial charge in [0.2, 0.25) is 5.91 Å². The van der Waals surface area contributed by atoms with Gasteiger partial charge in [-0.3, -0.25) is 14.4 Å². The van der Waals surface area contributed by atoms with E-state index in [1.165, 1.54) is 6.07 Å². The fourth-order valence-electron chi connectivity index (χ4n) is 3.06. The van der Waals surface area contributed by atoms with E-state index >= 15 is 0 Å². The summed E-state index contributed by atoms with van der Waals surface area (Å²) < 4.78 is 0. The Morgan fingerprint density at radius 2 is 1.88 bits per heavy atom. The monoisotopic (exact) mass is 366 g/mol. The Labute approximate surface area is 151 Å². The third kappa shape index (κ3) is 4.95. The molecular weight excluding hydrogens is 344 g/mol. The molecule has 3 N–H and O–H groups in total. The first-order valence-electron chi connectivity index (χ1n) is 8.37. The van der Waals surface area contributed by atoms with Gasteiger partial charge in [0.05, 0.1) is 22.5 Å². The van der Waals surface area contributed by atoms with Gasteiger partial charge in [0.1, 0.15) is 0 Å². The van der Waals surface area contributed by atoms with Crippen molar-refractivity contribution in [2.75, 3.05) is 5.32 Å². The van der Waals surface area contributed by atoms with Gasteiger partial charge in [0.25, 0.3) is 5.91 Å². The van der Waals surface area contributed by atoms with Crippen molar-refractivity contribution in [3.05, 3.63) is 28.8 Å². The lowest BCUT2D eigenvalue weighted by molar-refractivity contribution is -0.138. The van der Waals surface area contributed by atoms with E-state index in [-0.39, 0.29) is 28.8 Å². The number of carbonyl (C=O) groups excluding carboxylic acids is 2. The molecule has 1 aliphatic carbocycles. The highest BCUT2D eigenvalue weighted by Gasteiger charge is 2.37. The molecule has 0 aromatic heterocycles. The zero-order chi connectivity index (χ0) is 18.6. The van der Waals surface area contributed by atoms with Gasteiger partial charge >= 0.3 is 5.97 Å². The highest BCUT2D eigenvalue weighted by molar-refractivity contribution is 6.34. The zero-order valence-electron chi connectivity index (χ0n) is 14.4. The first-order valence-corrected chi connectivity index (χ1v) is 8.75. The second kappa shape index (κ2) is 7.87. The maximum atomic E-state index is 12.7. The van der Waals surface area contributed by atoms with E-state index in [1.54, 1.807) is 26.0 Å². The van der Waals surface area contributed by atoms with E-state index in [2.05, 4.69) is 10.6 Å². The molecule has 0 saturated heterocycles. The number of aliphatic carboxylic acids is 1. The number of rotatable bonds is 6. The van der Waals surface area contributed by atoms with Crippen LogP contribution in [0.15, 0.2) is 18.2 Å². The van der Waals surface area contributed by atoms with Crippen LogP contribution in [0.2, 0.25) is 5.02 Å². The average molecular weight is 367 g/mol. The lowest BCUT2D eigenvalue weighted by atomic mass is 9.92. The van der Waals surface area contributed by atoms with Crippen molar-refractivity contribution >= 4 is 35.1 Å². The Hall–Kier alpha value is -2.08. The molecule has 1 fully saturated rings. The van der Waals surface area contributed by atoms with Gasteiger partial charge in [0.15, 0.2) is 0 Å². The van der Waals surface area contributed by atoms with Gasteiger partial charge in [-0.05, 0) is 31.0 Å². The summed E-state index contributed by atoms with van der Waals surface area (Å²) in [5.41, 5.74) is -0.0319. The standard InChI is InChI=1S/C18H23ClN2O4/c1-11(2)16(24)20-12-5-6-14(19)13(9-12)17(25)21-18(10-15(22)23)7-3-4-8-18/h5-6,9,11H,3-4,7-8,10H2,1-2H3,(H,20,24)(H,21,25)(H,22,23). The van der Waals surface area contributed by atoms with Crippen molar-refractivity contribution < 1.29 is 19.5 Å². The minimum Gasteiger partial charge on any atom is -0.481 e. The number of hydrogen-bond donors (Lipinski definition) is 3. The quantitative estimate of drug-likeness (QED) is 0.718. The number of anilines is 1. The maximum Gasteiger partial charge on any atom is 0.305 e. The smallest absolute Gasteiger partial charge is 0.305 e. The van der Waals surface area contributed by atoms with Gasteiger partial charge in [-0.25, -0.2) is 0 Å². The molecule has 1 aliphatic rings. The molecule has 2 rings (SSSR count). The van der Waals surface area contributed by atoms with Crippen LogP contribution >= 0.6 is 11.6 Å². The molecule has 0 unspecified atom stereocenters. The number of amides is 2. The Morgan fingerprint density at radius 3 is 2.44 bits per heavy atom. The van der Waals surface area contributed by atoms with Crippen molar-refractivity contribution in [2.45, 2.75) is 51.5 Å². The molecule has 0 heterocycles. The summed E-state index contributed by atoms with van der Waals surface area (Å²) >= 11 is 6.14. The Morgan fingerprint density at radius 1 is 1.24 bits per heavy atom. The van der Waals surface area contributed by atoms with Gasteiger partial charge in [-0.1, -0.05) is 38.3 Å². The highest BCUT2D eigenvalue weighted by atomic mass is 35.5. The largest absolute Gasteiger partial charge is 0.481 e. The van der Waals surface area contributed by atoms with E-state index < -0.39 is 17.4 Å². The zero-order valence-corrected chi connectivity index (χ0v) is 15.2. The van der Waals surface area contributed by atoms with E-state index in [0.29, 0.717) is 18.5 Å². The normalized spacial score (nSPS) is 15.8. The van der Waals surface area contributed by atoms with Crippen LogP contribution in [0.3, 0.4) is 0 Å². The third-order valence-corrected chi connectivity index (χ3v) is 4.76. The van der Waals surface area contributed by atoms with Crippen LogP contribution in [0.4, 0.5) is 5.69 Å². The molecule has 0 spiro atoms. The molecule has 0 bridgehead atoms. The molecule has 7 heteroatoms. The molecule has 6 nitrogen and oxygen atoms in total. The van der Waals surface area contributed by atoms with Crippen LogP contribution in [-0.2, 0) is 9.59 Å². The Kier molecular flexibility index (Phi) is 6.06. The fraction of sp³-hybridized carbons (Fsp3) is 0.500.